The van der Waals surface area contributed by atoms with Crippen LogP contribution in [0.4, 0.5) is 0 Å². The third-order valence-corrected chi connectivity index (χ3v) is 9.95. The fourth-order valence-electron chi connectivity index (χ4n) is 7.53. The lowest BCUT2D eigenvalue weighted by atomic mass is 9.61. The number of nitrogens with zero attached hydrogens (tertiary/aromatic N) is 1. The van der Waals surface area contributed by atoms with Crippen molar-refractivity contribution in [2.75, 3.05) is 13.7 Å². The molecule has 0 radical (unpaired) electrons. The number of carbonyl (C=O) groups is 1. The molecule has 2 saturated carbocycles. The third-order valence-electron chi connectivity index (χ3n) is 9.37. The molecule has 5 heteroatoms. The summed E-state index contributed by atoms with van der Waals surface area (Å²) in [7, 11) is 1.48. The molecule has 3 aliphatic rings. The number of hydroxylamine groups is 2. The number of carbonyl (C=O) groups excluding carboxylic acids is 1. The smallest absolute Gasteiger partial charge is 0.340 e. The molecule has 1 aromatic rings. The summed E-state index contributed by atoms with van der Waals surface area (Å²) >= 11 is 3.66. The summed E-state index contributed by atoms with van der Waals surface area (Å²) in [5.41, 5.74) is 2.45. The maximum absolute atomic E-state index is 12.8. The zero-order valence-electron chi connectivity index (χ0n) is 21.4. The first-order valence-corrected chi connectivity index (χ1v) is 14.2. The van der Waals surface area contributed by atoms with Gasteiger partial charge in [-0.15, -0.1) is 0 Å². The van der Waals surface area contributed by atoms with E-state index in [0.29, 0.717) is 36.0 Å². The normalized spacial score (nSPS) is 35.9. The van der Waals surface area contributed by atoms with Gasteiger partial charge in [0.15, 0.2) is 5.60 Å². The molecule has 0 N–H and O–H groups in total. The van der Waals surface area contributed by atoms with Gasteiger partial charge in [0.05, 0.1) is 7.11 Å². The van der Waals surface area contributed by atoms with Gasteiger partial charge in [-0.2, -0.15) is 5.06 Å². The van der Waals surface area contributed by atoms with E-state index in [1.807, 2.05) is 6.92 Å². The molecule has 0 bridgehead atoms. The van der Waals surface area contributed by atoms with Crippen molar-refractivity contribution in [3.05, 3.63) is 46.5 Å². The van der Waals surface area contributed by atoms with Crippen LogP contribution in [0.3, 0.4) is 0 Å². The van der Waals surface area contributed by atoms with Crippen LogP contribution >= 0.6 is 15.9 Å². The van der Waals surface area contributed by atoms with Crippen molar-refractivity contribution in [1.29, 1.82) is 0 Å². The van der Waals surface area contributed by atoms with Gasteiger partial charge in [0.2, 0.25) is 0 Å². The molecule has 0 spiro atoms. The van der Waals surface area contributed by atoms with Crippen LogP contribution in [-0.2, 0) is 20.8 Å². The largest absolute Gasteiger partial charge is 0.467 e. The minimum Gasteiger partial charge on any atom is -0.467 e. The number of rotatable bonds is 8. The lowest BCUT2D eigenvalue weighted by Crippen LogP contribution is -2.40. The predicted molar refractivity (Wildman–Crippen MR) is 140 cm³/mol. The summed E-state index contributed by atoms with van der Waals surface area (Å²) in [5, 5.41) is 2.13. The van der Waals surface area contributed by atoms with Gasteiger partial charge in [0, 0.05) is 19.0 Å². The molecule has 0 amide bonds. The molecule has 1 aromatic carbocycles. The Hall–Kier alpha value is -1.17. The van der Waals surface area contributed by atoms with Gasteiger partial charge in [0.25, 0.3) is 0 Å². The Kier molecular flexibility index (Phi) is 8.26. The van der Waals surface area contributed by atoms with Crippen LogP contribution in [0.25, 0.3) is 0 Å². The van der Waals surface area contributed by atoms with E-state index in [1.165, 1.54) is 44.8 Å². The van der Waals surface area contributed by atoms with Crippen LogP contribution in [0.1, 0.15) is 77.7 Å². The first-order valence-electron chi connectivity index (χ1n) is 13.2. The summed E-state index contributed by atoms with van der Waals surface area (Å²) in [5.74, 6) is 1.78. The number of hydrogen-bond acceptors (Lipinski definition) is 4. The SMILES string of the molecule is CCC1(C(=O)OC)CC(C[C@@H](C)[C@H]2CC[C@H]3/C(=C/Br)CCC[C@]23C)N(CCc2ccccc2)O1. The molecule has 3 fully saturated rings. The van der Waals surface area contributed by atoms with Crippen LogP contribution < -0.4 is 0 Å². The summed E-state index contributed by atoms with van der Waals surface area (Å²) in [4.78, 5) is 21.5. The van der Waals surface area contributed by atoms with Gasteiger partial charge in [-0.1, -0.05) is 72.6 Å². The highest BCUT2D eigenvalue weighted by Crippen LogP contribution is 2.60. The minimum atomic E-state index is -0.853. The van der Waals surface area contributed by atoms with E-state index in [0.717, 1.165) is 19.4 Å². The Morgan fingerprint density at radius 2 is 2.09 bits per heavy atom. The fraction of sp³-hybridized carbons (Fsp3) is 0.690. The number of esters is 1. The van der Waals surface area contributed by atoms with Crippen LogP contribution in [-0.4, -0.2) is 36.3 Å². The van der Waals surface area contributed by atoms with E-state index >= 15 is 0 Å². The van der Waals surface area contributed by atoms with Crippen LogP contribution in [0.5, 0.6) is 0 Å². The van der Waals surface area contributed by atoms with Crippen LogP contribution in [0.15, 0.2) is 40.9 Å². The van der Waals surface area contributed by atoms with Gasteiger partial charge in [-0.25, -0.2) is 4.79 Å². The first kappa shape index (κ1) is 25.9. The average molecular weight is 533 g/mol. The van der Waals surface area contributed by atoms with Crippen molar-refractivity contribution in [3.8, 4) is 0 Å². The second-order valence-electron chi connectivity index (χ2n) is 11.2. The number of fused-ring (bicyclic) bond motifs is 1. The molecule has 2 aliphatic carbocycles. The zero-order chi connectivity index (χ0) is 24.3. The number of halogens is 1. The second kappa shape index (κ2) is 10.8. The van der Waals surface area contributed by atoms with Gasteiger partial charge >= 0.3 is 5.97 Å². The molecule has 1 heterocycles. The summed E-state index contributed by atoms with van der Waals surface area (Å²) in [6.45, 7) is 7.83. The standard InChI is InChI=1S/C29H42BrNO3/c1-5-29(27(32)33-4)19-24(31(34-29)17-15-22-10-7-6-8-11-22)18-21(2)25-13-14-26-23(20-30)12-9-16-28(25,26)3/h6-8,10-11,20-21,24-26H,5,9,12-19H2,1-4H3/b23-20+/t21-,24?,25-,26+,28-,29?/m1/s1. The molecular weight excluding hydrogens is 490 g/mol. The Balaban J connectivity index is 1.50. The molecule has 1 saturated heterocycles. The van der Waals surface area contributed by atoms with E-state index < -0.39 is 5.60 Å². The number of allylic oxidation sites excluding steroid dienone is 1. The molecule has 1 aliphatic heterocycles. The fourth-order valence-corrected chi connectivity index (χ4v) is 8.08. The van der Waals surface area contributed by atoms with Gasteiger partial charge < -0.3 is 4.74 Å². The van der Waals surface area contributed by atoms with Crippen molar-refractivity contribution in [2.45, 2.75) is 90.2 Å². The van der Waals surface area contributed by atoms with Crippen molar-refractivity contribution < 1.29 is 14.4 Å². The molecule has 4 nitrogen and oxygen atoms in total. The van der Waals surface area contributed by atoms with Crippen LogP contribution in [0.2, 0.25) is 0 Å². The second-order valence-corrected chi connectivity index (χ2v) is 11.6. The third kappa shape index (κ3) is 4.90. The molecule has 2 unspecified atom stereocenters. The van der Waals surface area contributed by atoms with Crippen molar-refractivity contribution in [1.82, 2.24) is 5.06 Å². The summed E-state index contributed by atoms with van der Waals surface area (Å²) in [6.07, 6.45) is 9.81. The Labute approximate surface area is 214 Å². The van der Waals surface area contributed by atoms with E-state index in [4.69, 9.17) is 9.57 Å². The van der Waals surface area contributed by atoms with Crippen molar-refractivity contribution in [2.24, 2.45) is 23.2 Å². The van der Waals surface area contributed by atoms with Crippen LogP contribution in [0, 0.1) is 23.2 Å². The maximum atomic E-state index is 12.8. The molecule has 188 valence electrons. The minimum absolute atomic E-state index is 0.232. The topological polar surface area (TPSA) is 38.8 Å². The lowest BCUT2D eigenvalue weighted by Gasteiger charge is -2.44. The van der Waals surface area contributed by atoms with Gasteiger partial charge in [-0.05, 0) is 85.1 Å². The lowest BCUT2D eigenvalue weighted by molar-refractivity contribution is -0.220. The van der Waals surface area contributed by atoms with E-state index in [2.05, 4.69) is 70.2 Å². The predicted octanol–water partition coefficient (Wildman–Crippen LogP) is 7.08. The average Bonchev–Trinajstić information content (AvgIpc) is 3.40. The van der Waals surface area contributed by atoms with E-state index in [-0.39, 0.29) is 12.0 Å². The number of benzene rings is 1. The molecule has 6 atom stereocenters. The number of hydrogen-bond donors (Lipinski definition) is 0. The maximum Gasteiger partial charge on any atom is 0.340 e. The first-order chi connectivity index (χ1) is 16.4. The highest BCUT2D eigenvalue weighted by Gasteiger charge is 2.54. The van der Waals surface area contributed by atoms with Crippen molar-refractivity contribution in [3.63, 3.8) is 0 Å². The Morgan fingerprint density at radius 3 is 2.76 bits per heavy atom. The monoisotopic (exact) mass is 531 g/mol. The Morgan fingerprint density at radius 1 is 1.32 bits per heavy atom. The van der Waals surface area contributed by atoms with Gasteiger partial charge in [-0.3, -0.25) is 4.84 Å². The number of ether oxygens (including phenoxy) is 1. The number of methoxy groups -OCH3 is 1. The quantitative estimate of drug-likeness (QED) is 0.336. The summed E-state index contributed by atoms with van der Waals surface area (Å²) < 4.78 is 5.20. The van der Waals surface area contributed by atoms with Gasteiger partial charge in [0.1, 0.15) is 0 Å². The summed E-state index contributed by atoms with van der Waals surface area (Å²) in [6, 6.07) is 10.8. The molecule has 4 rings (SSSR count). The van der Waals surface area contributed by atoms with Crippen molar-refractivity contribution >= 4 is 21.9 Å². The zero-order valence-corrected chi connectivity index (χ0v) is 23.0. The molecular formula is C29H42BrNO3. The Bertz CT molecular complexity index is 873. The van der Waals surface area contributed by atoms with E-state index in [1.54, 1.807) is 5.57 Å². The highest BCUT2D eigenvalue weighted by molar-refractivity contribution is 9.11. The molecule has 0 aromatic heterocycles. The van der Waals surface area contributed by atoms with E-state index in [9.17, 15) is 4.79 Å². The molecule has 34 heavy (non-hydrogen) atoms. The highest BCUT2D eigenvalue weighted by atomic mass is 79.9.